The Morgan fingerprint density at radius 2 is 1.83 bits per heavy atom. The van der Waals surface area contributed by atoms with E-state index in [0.29, 0.717) is 0 Å². The number of ether oxygens (including phenoxy) is 4. The molecule has 0 aliphatic carbocycles. The number of anilines is 1. The second kappa shape index (κ2) is 13.5. The van der Waals surface area contributed by atoms with Crippen molar-refractivity contribution < 1.29 is 61.3 Å². The van der Waals surface area contributed by atoms with E-state index >= 15 is 0 Å². The summed E-state index contributed by atoms with van der Waals surface area (Å²) in [6.07, 6.45) is -2.79. The lowest BCUT2D eigenvalue weighted by Crippen LogP contribution is -2.53. The molecular formula is C23H35FN5O12P. The van der Waals surface area contributed by atoms with Crippen LogP contribution in [0.25, 0.3) is 11.2 Å². The second-order valence-electron chi connectivity index (χ2n) is 10.3. The summed E-state index contributed by atoms with van der Waals surface area (Å²) in [5.41, 5.74) is 1.58. The highest BCUT2D eigenvalue weighted by molar-refractivity contribution is 7.48. The number of rotatable bonds is 14. The molecule has 0 aromatic carbocycles. The van der Waals surface area contributed by atoms with Crippen LogP contribution in [-0.2, 0) is 41.9 Å². The number of aliphatic hydroxyl groups is 2. The van der Waals surface area contributed by atoms with E-state index in [-0.39, 0.29) is 29.3 Å². The molecule has 4 N–H and O–H groups in total. The smallest absolute Gasteiger partial charge is 0.438 e. The molecule has 2 aromatic heterocycles. The van der Waals surface area contributed by atoms with Crippen molar-refractivity contribution in [3.05, 3.63) is 12.7 Å². The second-order valence-corrected chi connectivity index (χ2v) is 11.9. The zero-order valence-corrected chi connectivity index (χ0v) is 24.6. The largest absolute Gasteiger partial charge is 0.510 e. The Morgan fingerprint density at radius 1 is 1.17 bits per heavy atom. The van der Waals surface area contributed by atoms with Crippen LogP contribution in [0.15, 0.2) is 12.7 Å². The van der Waals surface area contributed by atoms with Gasteiger partial charge in [0.1, 0.15) is 30.2 Å². The number of fused-ring (bicyclic) bond motifs is 1. The van der Waals surface area contributed by atoms with Gasteiger partial charge in [0.15, 0.2) is 23.3 Å². The Morgan fingerprint density at radius 3 is 2.45 bits per heavy atom. The third-order valence-electron chi connectivity index (χ3n) is 5.96. The van der Waals surface area contributed by atoms with Crippen LogP contribution in [-0.4, -0.2) is 92.1 Å². The molecule has 236 valence electrons. The molecular weight excluding hydrogens is 588 g/mol. The van der Waals surface area contributed by atoms with Gasteiger partial charge in [-0.05, 0) is 26.7 Å². The van der Waals surface area contributed by atoms with Gasteiger partial charge in [-0.2, -0.15) is 0 Å². The van der Waals surface area contributed by atoms with Gasteiger partial charge in [0, 0.05) is 6.42 Å². The first-order valence-corrected chi connectivity index (χ1v) is 14.2. The fourth-order valence-corrected chi connectivity index (χ4v) is 4.89. The lowest BCUT2D eigenvalue weighted by Gasteiger charge is -2.31. The van der Waals surface area contributed by atoms with Crippen molar-refractivity contribution in [3.63, 3.8) is 0 Å². The predicted molar refractivity (Wildman–Crippen MR) is 139 cm³/mol. The Bertz CT molecular complexity index is 1260. The van der Waals surface area contributed by atoms with E-state index in [1.807, 2.05) is 0 Å². The van der Waals surface area contributed by atoms with Crippen LogP contribution in [0.1, 0.15) is 47.3 Å². The van der Waals surface area contributed by atoms with Crippen LogP contribution < -0.4 is 5.73 Å². The van der Waals surface area contributed by atoms with Crippen molar-refractivity contribution in [2.45, 2.75) is 70.7 Å². The van der Waals surface area contributed by atoms with Gasteiger partial charge in [-0.25, -0.2) is 37.7 Å². The maximum absolute atomic E-state index is 14.6. The van der Waals surface area contributed by atoms with Gasteiger partial charge in [-0.15, -0.1) is 0 Å². The van der Waals surface area contributed by atoms with E-state index in [9.17, 15) is 28.8 Å². The van der Waals surface area contributed by atoms with E-state index in [0.717, 1.165) is 6.33 Å². The minimum absolute atomic E-state index is 0.0283. The first-order valence-electron chi connectivity index (χ1n) is 12.7. The topological polar surface area (TPSA) is 226 Å². The van der Waals surface area contributed by atoms with Crippen molar-refractivity contribution in [1.29, 1.82) is 0 Å². The SMILES string of the molecule is CC(C)CC(=O)OCOP(=O)(OCOC(=O)OC(C)C)OC[C@@]1(CF)O[C@@H](n2cnc3c(N)ncnc32)[C@](C)(O)[C@@H]1O. The number of halogens is 1. The molecule has 5 atom stereocenters. The summed E-state index contributed by atoms with van der Waals surface area (Å²) in [7, 11) is -4.81. The van der Waals surface area contributed by atoms with E-state index in [4.69, 9.17) is 33.5 Å². The van der Waals surface area contributed by atoms with Crippen LogP contribution >= 0.6 is 7.82 Å². The van der Waals surface area contributed by atoms with E-state index < -0.39 is 76.5 Å². The molecule has 3 heterocycles. The van der Waals surface area contributed by atoms with Crippen molar-refractivity contribution in [2.75, 3.05) is 32.6 Å². The molecule has 42 heavy (non-hydrogen) atoms. The Balaban J connectivity index is 1.79. The first kappa shape index (κ1) is 33.5. The van der Waals surface area contributed by atoms with Gasteiger partial charge in [-0.1, -0.05) is 13.8 Å². The zero-order valence-electron chi connectivity index (χ0n) is 23.7. The number of phosphoric ester groups is 1. The number of hydrogen-bond acceptors (Lipinski definition) is 16. The van der Waals surface area contributed by atoms with Crippen LogP contribution in [0.3, 0.4) is 0 Å². The van der Waals surface area contributed by atoms with Gasteiger partial charge >= 0.3 is 19.9 Å². The van der Waals surface area contributed by atoms with E-state index in [1.165, 1.54) is 17.8 Å². The van der Waals surface area contributed by atoms with Crippen LogP contribution in [0.4, 0.5) is 15.0 Å². The molecule has 0 bridgehead atoms. The summed E-state index contributed by atoms with van der Waals surface area (Å²) in [5.74, 6) is -0.696. The fourth-order valence-electron chi connectivity index (χ4n) is 3.92. The monoisotopic (exact) mass is 623 g/mol. The molecule has 19 heteroatoms. The fraction of sp³-hybridized carbons (Fsp3) is 0.696. The third kappa shape index (κ3) is 7.69. The third-order valence-corrected chi connectivity index (χ3v) is 7.24. The number of imidazole rings is 1. The van der Waals surface area contributed by atoms with Gasteiger partial charge in [0.2, 0.25) is 13.6 Å². The number of nitrogens with zero attached hydrogens (tertiary/aromatic N) is 4. The molecule has 2 aromatic rings. The molecule has 17 nitrogen and oxygen atoms in total. The van der Waals surface area contributed by atoms with E-state index in [2.05, 4.69) is 19.7 Å². The minimum atomic E-state index is -4.81. The van der Waals surface area contributed by atoms with Gasteiger partial charge in [0.05, 0.1) is 19.0 Å². The number of alkyl halides is 1. The zero-order chi connectivity index (χ0) is 31.3. The quantitative estimate of drug-likeness (QED) is 0.155. The molecule has 1 aliphatic rings. The summed E-state index contributed by atoms with van der Waals surface area (Å²) in [4.78, 5) is 35.5. The molecule has 0 amide bonds. The molecule has 0 radical (unpaired) electrons. The maximum Gasteiger partial charge on any atom is 0.510 e. The highest BCUT2D eigenvalue weighted by Gasteiger charge is 2.63. The molecule has 1 saturated heterocycles. The molecule has 0 spiro atoms. The number of carbonyl (C=O) groups excluding carboxylic acids is 2. The minimum Gasteiger partial charge on any atom is -0.438 e. The first-order chi connectivity index (χ1) is 19.6. The summed E-state index contributed by atoms with van der Waals surface area (Å²) in [5, 5.41) is 22.2. The van der Waals surface area contributed by atoms with Gasteiger partial charge in [0.25, 0.3) is 0 Å². The predicted octanol–water partition coefficient (Wildman–Crippen LogP) is 1.98. The number of nitrogen functional groups attached to an aromatic ring is 1. The number of esters is 1. The number of nitrogens with two attached hydrogens (primary N) is 1. The lowest BCUT2D eigenvalue weighted by molar-refractivity contribution is -0.154. The average molecular weight is 624 g/mol. The highest BCUT2D eigenvalue weighted by Crippen LogP contribution is 2.53. The highest BCUT2D eigenvalue weighted by atomic mass is 31.2. The van der Waals surface area contributed by atoms with Crippen molar-refractivity contribution in [2.24, 2.45) is 5.92 Å². The molecule has 1 aliphatic heterocycles. The van der Waals surface area contributed by atoms with Crippen molar-refractivity contribution in [1.82, 2.24) is 19.5 Å². The number of aromatic nitrogens is 4. The molecule has 0 saturated carbocycles. The number of carbonyl (C=O) groups is 2. The van der Waals surface area contributed by atoms with E-state index in [1.54, 1.807) is 27.7 Å². The lowest BCUT2D eigenvalue weighted by atomic mass is 9.88. The van der Waals surface area contributed by atoms with Gasteiger partial charge in [-0.3, -0.25) is 13.9 Å². The van der Waals surface area contributed by atoms with Crippen LogP contribution in [0.5, 0.6) is 0 Å². The van der Waals surface area contributed by atoms with Crippen LogP contribution in [0, 0.1) is 5.92 Å². The van der Waals surface area contributed by atoms with Crippen LogP contribution in [0.2, 0.25) is 0 Å². The molecule has 3 rings (SSSR count). The Kier molecular flexibility index (Phi) is 10.8. The standard InChI is InChI=1S/C23H35FN5O12P/c1-13(2)6-15(30)35-11-38-42(34,39-12-36-21(32)40-14(3)4)37-8-23(7-24)19(31)22(5,33)20(41-23)29-10-28-16-17(25)26-9-27-18(16)29/h9-10,13-14,19-20,31,33H,6-8,11-12H2,1-5H3,(H2,25,26,27)/t19-,20+,22+,23+,42?/m0/s1. The summed E-state index contributed by atoms with van der Waals surface area (Å²) < 4.78 is 64.5. The Labute approximate surface area is 240 Å². The normalized spacial score (nSPS) is 25.6. The molecule has 1 unspecified atom stereocenters. The summed E-state index contributed by atoms with van der Waals surface area (Å²) >= 11 is 0. The Hall–Kier alpha value is -2.99. The number of aliphatic hydroxyl groups excluding tert-OH is 1. The van der Waals surface area contributed by atoms with Gasteiger partial charge < -0.3 is 34.9 Å². The van der Waals surface area contributed by atoms with Crippen molar-refractivity contribution in [3.8, 4) is 0 Å². The number of hydrogen-bond donors (Lipinski definition) is 3. The summed E-state index contributed by atoms with van der Waals surface area (Å²) in [6.45, 7) is 3.45. The average Bonchev–Trinajstić information content (AvgIpc) is 3.40. The summed E-state index contributed by atoms with van der Waals surface area (Å²) in [6, 6.07) is 0. The number of phosphoric acid groups is 1. The van der Waals surface area contributed by atoms with Crippen molar-refractivity contribution >= 4 is 36.9 Å². The maximum atomic E-state index is 14.6. The molecule has 1 fully saturated rings.